The molecule has 0 aliphatic rings. The summed E-state index contributed by atoms with van der Waals surface area (Å²) in [6.07, 6.45) is 0.148. The molecular weight excluding hydrogens is 353 g/mol. The minimum Gasteiger partial charge on any atom is -0.307 e. The number of benzene rings is 2. The average molecular weight is 371 g/mol. The van der Waals surface area contributed by atoms with E-state index in [1.807, 2.05) is 0 Å². The van der Waals surface area contributed by atoms with Crippen LogP contribution in [-0.2, 0) is 0 Å². The van der Waals surface area contributed by atoms with E-state index in [1.165, 1.54) is 0 Å². The number of ketones is 1. The molecular formula is C19H18F5NO. The summed E-state index contributed by atoms with van der Waals surface area (Å²) < 4.78 is 68.4. The van der Waals surface area contributed by atoms with Crippen LogP contribution in [0.1, 0.15) is 35.2 Å². The van der Waals surface area contributed by atoms with Gasteiger partial charge in [0.05, 0.1) is 5.56 Å². The molecule has 7 heteroatoms. The molecule has 2 atom stereocenters. The highest BCUT2D eigenvalue weighted by Gasteiger charge is 2.34. The van der Waals surface area contributed by atoms with Gasteiger partial charge in [-0.15, -0.1) is 0 Å². The minimum absolute atomic E-state index is 0.148. The van der Waals surface area contributed by atoms with E-state index in [0.29, 0.717) is 5.56 Å². The van der Waals surface area contributed by atoms with Crippen LogP contribution in [0.4, 0.5) is 22.0 Å². The van der Waals surface area contributed by atoms with Crippen molar-refractivity contribution in [1.29, 1.82) is 0 Å². The van der Waals surface area contributed by atoms with Crippen molar-refractivity contribution in [2.75, 3.05) is 14.1 Å². The van der Waals surface area contributed by atoms with Gasteiger partial charge >= 0.3 is 0 Å². The Morgan fingerprint density at radius 2 is 1.35 bits per heavy atom. The Kier molecular flexibility index (Phi) is 6.13. The summed E-state index contributed by atoms with van der Waals surface area (Å²) in [5, 5.41) is 0. The van der Waals surface area contributed by atoms with E-state index in [-0.39, 0.29) is 12.5 Å². The molecule has 0 fully saturated rings. The number of halogens is 5. The standard InChI is InChI=1S/C19H18F5NO/c1-10(25(2)3)9-12(11-7-5-4-6-8-11)19(26)13-14(20)16(22)18(24)17(23)15(13)21/h4-8,10,12H,9H2,1-3H3. The van der Waals surface area contributed by atoms with Crippen LogP contribution in [0.25, 0.3) is 0 Å². The van der Waals surface area contributed by atoms with Crippen molar-refractivity contribution >= 4 is 5.78 Å². The SMILES string of the molecule is CC(CC(C(=O)c1c(F)c(F)c(F)c(F)c1F)c1ccccc1)N(C)C. The second kappa shape index (κ2) is 7.95. The fraction of sp³-hybridized carbons (Fsp3) is 0.316. The number of nitrogens with zero attached hydrogens (tertiary/aromatic N) is 1. The van der Waals surface area contributed by atoms with E-state index in [0.717, 1.165) is 0 Å². The maximum absolute atomic E-state index is 14.1. The Morgan fingerprint density at radius 1 is 0.885 bits per heavy atom. The first-order chi connectivity index (χ1) is 12.2. The van der Waals surface area contributed by atoms with Gasteiger partial charge in [-0.05, 0) is 33.0 Å². The summed E-state index contributed by atoms with van der Waals surface area (Å²) in [4.78, 5) is 14.6. The Bertz CT molecular complexity index is 778. The quantitative estimate of drug-likeness (QED) is 0.318. The largest absolute Gasteiger partial charge is 0.307 e. The lowest BCUT2D eigenvalue weighted by Gasteiger charge is -2.25. The Hall–Kier alpha value is -2.28. The number of carbonyl (C=O) groups is 1. The van der Waals surface area contributed by atoms with E-state index >= 15 is 0 Å². The molecule has 0 amide bonds. The van der Waals surface area contributed by atoms with Crippen molar-refractivity contribution in [3.05, 3.63) is 70.5 Å². The van der Waals surface area contributed by atoms with Gasteiger partial charge in [0.15, 0.2) is 29.1 Å². The zero-order valence-electron chi connectivity index (χ0n) is 14.5. The van der Waals surface area contributed by atoms with E-state index < -0.39 is 46.4 Å². The van der Waals surface area contributed by atoms with Crippen LogP contribution in [0.15, 0.2) is 30.3 Å². The zero-order valence-corrected chi connectivity index (χ0v) is 14.5. The summed E-state index contributed by atoms with van der Waals surface area (Å²) in [7, 11) is 3.52. The van der Waals surface area contributed by atoms with Gasteiger partial charge in [0, 0.05) is 12.0 Å². The predicted molar refractivity (Wildman–Crippen MR) is 87.5 cm³/mol. The van der Waals surface area contributed by atoms with E-state index in [2.05, 4.69) is 0 Å². The second-order valence-electron chi connectivity index (χ2n) is 6.32. The van der Waals surface area contributed by atoms with Gasteiger partial charge in [-0.25, -0.2) is 22.0 Å². The lowest BCUT2D eigenvalue weighted by Crippen LogP contribution is -2.30. The van der Waals surface area contributed by atoms with E-state index in [4.69, 9.17) is 0 Å². The molecule has 0 aromatic heterocycles. The highest BCUT2D eigenvalue weighted by Crippen LogP contribution is 2.31. The smallest absolute Gasteiger partial charge is 0.200 e. The number of Topliss-reactive ketones (excluding diaryl/α,β-unsaturated/α-hetero) is 1. The molecule has 0 saturated carbocycles. The van der Waals surface area contributed by atoms with Gasteiger partial charge in [0.2, 0.25) is 5.82 Å². The lowest BCUT2D eigenvalue weighted by molar-refractivity contribution is 0.0930. The van der Waals surface area contributed by atoms with Crippen LogP contribution < -0.4 is 0 Å². The van der Waals surface area contributed by atoms with Crippen LogP contribution >= 0.6 is 0 Å². The molecule has 2 aromatic carbocycles. The monoisotopic (exact) mass is 371 g/mol. The van der Waals surface area contributed by atoms with Gasteiger partial charge in [0.25, 0.3) is 0 Å². The van der Waals surface area contributed by atoms with E-state index in [1.54, 1.807) is 56.3 Å². The molecule has 0 N–H and O–H groups in total. The third-order valence-electron chi connectivity index (χ3n) is 4.43. The van der Waals surface area contributed by atoms with Crippen LogP contribution in [0.5, 0.6) is 0 Å². The first kappa shape index (κ1) is 20.0. The fourth-order valence-electron chi connectivity index (χ4n) is 2.63. The number of hydrogen-bond acceptors (Lipinski definition) is 2. The molecule has 2 unspecified atom stereocenters. The lowest BCUT2D eigenvalue weighted by atomic mass is 9.85. The van der Waals surface area contributed by atoms with Gasteiger partial charge in [0.1, 0.15) is 0 Å². The van der Waals surface area contributed by atoms with Crippen molar-refractivity contribution in [3.8, 4) is 0 Å². The van der Waals surface area contributed by atoms with Crippen LogP contribution in [0, 0.1) is 29.1 Å². The van der Waals surface area contributed by atoms with Crippen molar-refractivity contribution in [1.82, 2.24) is 4.90 Å². The molecule has 0 aliphatic carbocycles. The minimum atomic E-state index is -2.28. The van der Waals surface area contributed by atoms with Crippen molar-refractivity contribution in [2.45, 2.75) is 25.3 Å². The molecule has 0 saturated heterocycles. The first-order valence-electron chi connectivity index (χ1n) is 7.93. The molecule has 2 aromatic rings. The normalized spacial score (nSPS) is 13.7. The fourth-order valence-corrected chi connectivity index (χ4v) is 2.63. The Labute approximate surface area is 148 Å². The van der Waals surface area contributed by atoms with Gasteiger partial charge in [-0.3, -0.25) is 4.79 Å². The molecule has 0 heterocycles. The molecule has 2 nitrogen and oxygen atoms in total. The zero-order chi connectivity index (χ0) is 19.6. The summed E-state index contributed by atoms with van der Waals surface area (Å²) in [5.41, 5.74) is -0.962. The van der Waals surface area contributed by atoms with Gasteiger partial charge < -0.3 is 4.90 Å². The van der Waals surface area contributed by atoms with Crippen molar-refractivity contribution in [3.63, 3.8) is 0 Å². The highest BCUT2D eigenvalue weighted by molar-refractivity contribution is 6.01. The summed E-state index contributed by atoms with van der Waals surface area (Å²) in [6, 6.07) is 7.95. The van der Waals surface area contributed by atoms with Crippen LogP contribution in [-0.4, -0.2) is 30.8 Å². The third-order valence-corrected chi connectivity index (χ3v) is 4.43. The topological polar surface area (TPSA) is 20.3 Å². The third kappa shape index (κ3) is 3.77. The molecule has 26 heavy (non-hydrogen) atoms. The molecule has 0 spiro atoms. The molecule has 0 radical (unpaired) electrons. The number of rotatable bonds is 6. The summed E-state index contributed by atoms with van der Waals surface area (Å²) in [6.45, 7) is 1.79. The van der Waals surface area contributed by atoms with Crippen LogP contribution in [0.3, 0.4) is 0 Å². The maximum Gasteiger partial charge on any atom is 0.200 e. The second-order valence-corrected chi connectivity index (χ2v) is 6.32. The van der Waals surface area contributed by atoms with Gasteiger partial charge in [-0.2, -0.15) is 0 Å². The van der Waals surface area contributed by atoms with Crippen molar-refractivity contribution < 1.29 is 26.7 Å². The molecule has 0 aliphatic heterocycles. The Balaban J connectivity index is 2.58. The average Bonchev–Trinajstić information content (AvgIpc) is 2.63. The van der Waals surface area contributed by atoms with E-state index in [9.17, 15) is 26.7 Å². The molecule has 2 rings (SSSR count). The summed E-state index contributed by atoms with van der Waals surface area (Å²) in [5.74, 6) is -12.9. The number of hydrogen-bond donors (Lipinski definition) is 0. The van der Waals surface area contributed by atoms with Crippen LogP contribution in [0.2, 0.25) is 0 Å². The molecule has 140 valence electrons. The first-order valence-corrected chi connectivity index (χ1v) is 7.93. The van der Waals surface area contributed by atoms with Crippen molar-refractivity contribution in [2.24, 2.45) is 0 Å². The maximum atomic E-state index is 14.1. The predicted octanol–water partition coefficient (Wildman–Crippen LogP) is 4.69. The highest BCUT2D eigenvalue weighted by atomic mass is 19.2. The number of carbonyl (C=O) groups excluding carboxylic acids is 1. The van der Waals surface area contributed by atoms with Gasteiger partial charge in [-0.1, -0.05) is 30.3 Å². The molecule has 0 bridgehead atoms. The Morgan fingerprint density at radius 3 is 1.81 bits per heavy atom. The summed E-state index contributed by atoms with van der Waals surface area (Å²) >= 11 is 0.